The molecule has 4 rings (SSSR count). The summed E-state index contributed by atoms with van der Waals surface area (Å²) in [6.07, 6.45) is 1.62. The van der Waals surface area contributed by atoms with Crippen molar-refractivity contribution < 1.29 is 18.7 Å². The molecule has 1 fully saturated rings. The summed E-state index contributed by atoms with van der Waals surface area (Å²) in [6, 6.07) is 13.2. The normalized spacial score (nSPS) is 14.0. The van der Waals surface area contributed by atoms with Crippen LogP contribution in [0, 0.1) is 13.8 Å². The molecule has 7 nitrogen and oxygen atoms in total. The highest BCUT2D eigenvalue weighted by Crippen LogP contribution is 2.21. The van der Waals surface area contributed by atoms with Crippen LogP contribution >= 0.6 is 11.6 Å². The van der Waals surface area contributed by atoms with Crippen molar-refractivity contribution in [3.63, 3.8) is 0 Å². The van der Waals surface area contributed by atoms with E-state index < -0.39 is 5.97 Å². The Bertz CT molecular complexity index is 1100. The van der Waals surface area contributed by atoms with E-state index in [9.17, 15) is 9.59 Å². The van der Waals surface area contributed by atoms with E-state index in [1.54, 1.807) is 17.2 Å². The molecule has 0 N–H and O–H groups in total. The third-order valence-corrected chi connectivity index (χ3v) is 6.06. The first kappa shape index (κ1) is 22.0. The number of anilines is 1. The number of aryl methyl sites for hydroxylation is 1. The smallest absolute Gasteiger partial charge is 0.340 e. The zero-order chi connectivity index (χ0) is 22.7. The van der Waals surface area contributed by atoms with Crippen molar-refractivity contribution in [3.05, 3.63) is 76.5 Å². The molecule has 8 heteroatoms. The van der Waals surface area contributed by atoms with Gasteiger partial charge in [0.25, 0.3) is 5.91 Å². The maximum atomic E-state index is 12.6. The highest BCUT2D eigenvalue weighted by molar-refractivity contribution is 6.30. The summed E-state index contributed by atoms with van der Waals surface area (Å²) in [5.41, 5.74) is 3.22. The van der Waals surface area contributed by atoms with E-state index in [0.29, 0.717) is 43.3 Å². The van der Waals surface area contributed by atoms with Gasteiger partial charge in [-0.1, -0.05) is 17.7 Å². The summed E-state index contributed by atoms with van der Waals surface area (Å²) in [7, 11) is 0. The van der Waals surface area contributed by atoms with Gasteiger partial charge in [-0.25, -0.2) is 4.79 Å². The fourth-order valence-electron chi connectivity index (χ4n) is 3.99. The zero-order valence-electron chi connectivity index (χ0n) is 18.2. The van der Waals surface area contributed by atoms with Gasteiger partial charge in [-0.3, -0.25) is 4.79 Å². The first-order valence-electron chi connectivity index (χ1n) is 10.6. The molecule has 168 valence electrons. The maximum Gasteiger partial charge on any atom is 0.340 e. The van der Waals surface area contributed by atoms with Gasteiger partial charge in [0.1, 0.15) is 5.76 Å². The van der Waals surface area contributed by atoms with Crippen LogP contribution in [-0.2, 0) is 16.1 Å². The van der Waals surface area contributed by atoms with Crippen LogP contribution in [0.4, 0.5) is 5.69 Å². The molecule has 1 aliphatic rings. The zero-order valence-corrected chi connectivity index (χ0v) is 19.0. The number of carbonyl (C=O) groups is 2. The summed E-state index contributed by atoms with van der Waals surface area (Å²) in [5.74, 6) is 0.127. The van der Waals surface area contributed by atoms with Crippen LogP contribution in [0.3, 0.4) is 0 Å². The number of carbonyl (C=O) groups excluding carboxylic acids is 2. The minimum absolute atomic E-state index is 0.187. The predicted octanol–water partition coefficient (Wildman–Crippen LogP) is 3.91. The van der Waals surface area contributed by atoms with Gasteiger partial charge in [-0.05, 0) is 50.2 Å². The van der Waals surface area contributed by atoms with Crippen LogP contribution in [-0.4, -0.2) is 54.1 Å². The number of esters is 1. The number of piperazine rings is 1. The van der Waals surface area contributed by atoms with Gasteiger partial charge in [0, 0.05) is 48.3 Å². The van der Waals surface area contributed by atoms with Crippen molar-refractivity contribution in [2.24, 2.45) is 0 Å². The molecule has 0 radical (unpaired) electrons. The van der Waals surface area contributed by atoms with Gasteiger partial charge in [0.05, 0.1) is 18.4 Å². The molecule has 0 spiro atoms. The highest BCUT2D eigenvalue weighted by Gasteiger charge is 2.24. The van der Waals surface area contributed by atoms with Gasteiger partial charge in [-0.2, -0.15) is 0 Å². The van der Waals surface area contributed by atoms with E-state index in [1.165, 1.54) is 0 Å². The van der Waals surface area contributed by atoms with Crippen LogP contribution in [0.25, 0.3) is 0 Å². The van der Waals surface area contributed by atoms with Gasteiger partial charge in [-0.15, -0.1) is 0 Å². The second kappa shape index (κ2) is 9.53. The number of furan rings is 1. The number of halogens is 1. The van der Waals surface area contributed by atoms with Crippen molar-refractivity contribution in [1.82, 2.24) is 9.47 Å². The molecule has 0 unspecified atom stereocenters. The Morgan fingerprint density at radius 1 is 1.06 bits per heavy atom. The van der Waals surface area contributed by atoms with Gasteiger partial charge in [0.2, 0.25) is 0 Å². The third kappa shape index (κ3) is 4.83. The van der Waals surface area contributed by atoms with Crippen LogP contribution in [0.2, 0.25) is 5.02 Å². The third-order valence-electron chi connectivity index (χ3n) is 5.82. The van der Waals surface area contributed by atoms with Crippen molar-refractivity contribution in [2.75, 3.05) is 37.7 Å². The summed E-state index contributed by atoms with van der Waals surface area (Å²) in [5, 5.41) is 0.691. The van der Waals surface area contributed by atoms with Crippen molar-refractivity contribution in [3.8, 4) is 0 Å². The molecule has 0 atom stereocenters. The van der Waals surface area contributed by atoms with Crippen LogP contribution in [0.15, 0.2) is 53.1 Å². The maximum absolute atomic E-state index is 12.6. The molecule has 1 aliphatic heterocycles. The lowest BCUT2D eigenvalue weighted by atomic mass is 10.2. The van der Waals surface area contributed by atoms with E-state index in [0.717, 1.165) is 22.8 Å². The Balaban J connectivity index is 1.30. The monoisotopic (exact) mass is 455 g/mol. The Morgan fingerprint density at radius 2 is 1.84 bits per heavy atom. The minimum atomic E-state index is -0.491. The summed E-state index contributed by atoms with van der Waals surface area (Å²) >= 11 is 6.08. The van der Waals surface area contributed by atoms with Crippen molar-refractivity contribution in [2.45, 2.75) is 20.4 Å². The molecule has 3 heterocycles. The molecule has 1 aromatic carbocycles. The lowest BCUT2D eigenvalue weighted by Gasteiger charge is -2.36. The molecule has 0 bridgehead atoms. The molecule has 32 heavy (non-hydrogen) atoms. The topological polar surface area (TPSA) is 67.9 Å². The van der Waals surface area contributed by atoms with E-state index in [2.05, 4.69) is 4.90 Å². The number of hydrogen-bond acceptors (Lipinski definition) is 5. The van der Waals surface area contributed by atoms with Crippen LogP contribution < -0.4 is 4.90 Å². The number of aromatic nitrogens is 1. The molecule has 1 amide bonds. The lowest BCUT2D eigenvalue weighted by molar-refractivity contribution is -0.134. The van der Waals surface area contributed by atoms with Crippen molar-refractivity contribution >= 4 is 29.2 Å². The largest absolute Gasteiger partial charge is 0.467 e. The molecule has 3 aromatic rings. The van der Waals surface area contributed by atoms with Gasteiger partial charge in [0.15, 0.2) is 6.61 Å². The lowest BCUT2D eigenvalue weighted by Crippen LogP contribution is -2.49. The molecule has 1 saturated heterocycles. The van der Waals surface area contributed by atoms with Crippen LogP contribution in [0.1, 0.15) is 27.5 Å². The fourth-order valence-corrected chi connectivity index (χ4v) is 4.18. The SMILES string of the molecule is Cc1cc(C(=O)OCC(=O)N2CCN(c3cccc(Cl)c3)CC2)c(C)n1Cc1ccco1. The Labute approximate surface area is 192 Å². The number of rotatable bonds is 6. The Kier molecular flexibility index (Phi) is 6.55. The predicted molar refractivity (Wildman–Crippen MR) is 122 cm³/mol. The summed E-state index contributed by atoms with van der Waals surface area (Å²) in [6.45, 7) is 6.61. The number of benzene rings is 1. The number of amides is 1. The molecule has 2 aromatic heterocycles. The quantitative estimate of drug-likeness (QED) is 0.527. The average molecular weight is 456 g/mol. The number of nitrogens with zero attached hydrogens (tertiary/aromatic N) is 3. The van der Waals surface area contributed by atoms with E-state index in [1.807, 2.05) is 54.8 Å². The van der Waals surface area contributed by atoms with Crippen molar-refractivity contribution in [1.29, 1.82) is 0 Å². The number of hydrogen-bond donors (Lipinski definition) is 0. The standard InChI is InChI=1S/C24H26ClN3O4/c1-17-13-22(18(2)28(17)15-21-7-4-12-31-21)24(30)32-16-23(29)27-10-8-26(9-11-27)20-6-3-5-19(25)14-20/h3-7,12-14H,8-11,15-16H2,1-2H3. The van der Waals surface area contributed by atoms with E-state index >= 15 is 0 Å². The number of ether oxygens (including phenoxy) is 1. The molecule has 0 saturated carbocycles. The van der Waals surface area contributed by atoms with E-state index in [4.69, 9.17) is 20.8 Å². The first-order chi connectivity index (χ1) is 15.4. The Morgan fingerprint density at radius 3 is 2.53 bits per heavy atom. The highest BCUT2D eigenvalue weighted by atomic mass is 35.5. The molecular formula is C24H26ClN3O4. The van der Waals surface area contributed by atoms with Crippen LogP contribution in [0.5, 0.6) is 0 Å². The summed E-state index contributed by atoms with van der Waals surface area (Å²) < 4.78 is 12.8. The van der Waals surface area contributed by atoms with E-state index in [-0.39, 0.29) is 12.5 Å². The second-order valence-corrected chi connectivity index (χ2v) is 8.31. The Hall–Kier alpha value is -3.19. The minimum Gasteiger partial charge on any atom is -0.467 e. The molecule has 0 aliphatic carbocycles. The second-order valence-electron chi connectivity index (χ2n) is 7.87. The van der Waals surface area contributed by atoms with Gasteiger partial charge >= 0.3 is 5.97 Å². The molecular weight excluding hydrogens is 430 g/mol. The first-order valence-corrected chi connectivity index (χ1v) is 10.9. The summed E-state index contributed by atoms with van der Waals surface area (Å²) in [4.78, 5) is 29.2. The fraction of sp³-hybridized carbons (Fsp3) is 0.333. The average Bonchev–Trinajstić information content (AvgIpc) is 3.41. The van der Waals surface area contributed by atoms with Gasteiger partial charge < -0.3 is 23.5 Å².